The van der Waals surface area contributed by atoms with Crippen LogP contribution in [0.15, 0.2) is 24.3 Å². The van der Waals surface area contributed by atoms with Crippen molar-refractivity contribution in [1.29, 1.82) is 0 Å². The first kappa shape index (κ1) is 13.3. The third-order valence-corrected chi connectivity index (χ3v) is 3.34. The van der Waals surface area contributed by atoms with E-state index in [0.717, 1.165) is 23.2 Å². The molecule has 0 aliphatic carbocycles. The second kappa shape index (κ2) is 5.26. The summed E-state index contributed by atoms with van der Waals surface area (Å²) in [5.41, 5.74) is 4.91. The predicted octanol–water partition coefficient (Wildman–Crippen LogP) is 2.59. The molecule has 2 rings (SSSR count). The number of aliphatic carboxylic acids is 1. The number of carboxylic acid groups (broad SMARTS) is 1. The molecule has 0 saturated heterocycles. The van der Waals surface area contributed by atoms with Gasteiger partial charge in [-0.3, -0.25) is 9.48 Å². The lowest BCUT2D eigenvalue weighted by Crippen LogP contribution is -2.02. The zero-order chi connectivity index (χ0) is 14.0. The first-order chi connectivity index (χ1) is 9.02. The fourth-order valence-electron chi connectivity index (χ4n) is 2.30. The Labute approximate surface area is 112 Å². The summed E-state index contributed by atoms with van der Waals surface area (Å²) in [6, 6.07) is 8.32. The summed E-state index contributed by atoms with van der Waals surface area (Å²) in [5.74, 6) is -0.853. The largest absolute Gasteiger partial charge is 0.481 e. The number of hydrogen-bond acceptors (Lipinski definition) is 2. The zero-order valence-electron chi connectivity index (χ0n) is 11.5. The molecule has 1 aromatic carbocycles. The van der Waals surface area contributed by atoms with Crippen LogP contribution in [0.5, 0.6) is 0 Å². The molecule has 0 saturated carbocycles. The molecule has 4 nitrogen and oxygen atoms in total. The smallest absolute Gasteiger partial charge is 0.309 e. The highest BCUT2D eigenvalue weighted by molar-refractivity contribution is 5.72. The van der Waals surface area contributed by atoms with Crippen LogP contribution in [0.3, 0.4) is 0 Å². The Hall–Kier alpha value is -2.10. The van der Waals surface area contributed by atoms with Crippen molar-refractivity contribution in [3.63, 3.8) is 0 Å². The number of aryl methyl sites for hydroxylation is 2. The van der Waals surface area contributed by atoms with Crippen LogP contribution in [0.25, 0.3) is 11.3 Å². The van der Waals surface area contributed by atoms with Gasteiger partial charge in [-0.2, -0.15) is 5.10 Å². The van der Waals surface area contributed by atoms with E-state index in [1.54, 1.807) is 4.68 Å². The van der Waals surface area contributed by atoms with Crippen LogP contribution in [0.4, 0.5) is 0 Å². The molecule has 0 radical (unpaired) electrons. The van der Waals surface area contributed by atoms with Gasteiger partial charge in [-0.1, -0.05) is 31.2 Å². The van der Waals surface area contributed by atoms with E-state index in [2.05, 4.69) is 36.3 Å². The van der Waals surface area contributed by atoms with Crippen LogP contribution in [0, 0.1) is 6.92 Å². The van der Waals surface area contributed by atoms with Crippen LogP contribution in [-0.4, -0.2) is 20.9 Å². The summed E-state index contributed by atoms with van der Waals surface area (Å²) < 4.78 is 1.76. The summed E-state index contributed by atoms with van der Waals surface area (Å²) in [4.78, 5) is 10.8. The highest BCUT2D eigenvalue weighted by Crippen LogP contribution is 2.25. The highest BCUT2D eigenvalue weighted by Gasteiger charge is 2.15. The third-order valence-electron chi connectivity index (χ3n) is 3.34. The second-order valence-corrected chi connectivity index (χ2v) is 4.66. The van der Waals surface area contributed by atoms with Gasteiger partial charge >= 0.3 is 5.97 Å². The Kier molecular flexibility index (Phi) is 3.69. The Morgan fingerprint density at radius 1 is 1.32 bits per heavy atom. The molecule has 0 aliphatic heterocycles. The van der Waals surface area contributed by atoms with Crippen LogP contribution >= 0.6 is 0 Å². The van der Waals surface area contributed by atoms with E-state index in [9.17, 15) is 4.79 Å². The molecule has 19 heavy (non-hydrogen) atoms. The lowest BCUT2D eigenvalue weighted by Gasteiger charge is -2.05. The van der Waals surface area contributed by atoms with Crippen molar-refractivity contribution in [2.45, 2.75) is 26.7 Å². The first-order valence-electron chi connectivity index (χ1n) is 6.36. The first-order valence-corrected chi connectivity index (χ1v) is 6.36. The van der Waals surface area contributed by atoms with Crippen molar-refractivity contribution >= 4 is 5.97 Å². The van der Waals surface area contributed by atoms with Crippen LogP contribution in [-0.2, 0) is 24.7 Å². The van der Waals surface area contributed by atoms with Crippen LogP contribution in [0.2, 0.25) is 0 Å². The van der Waals surface area contributed by atoms with Crippen molar-refractivity contribution < 1.29 is 9.90 Å². The van der Waals surface area contributed by atoms with E-state index in [4.69, 9.17) is 5.11 Å². The molecule has 1 N–H and O–H groups in total. The molecule has 2 aromatic rings. The minimum Gasteiger partial charge on any atom is -0.481 e. The molecular formula is C15H18N2O2. The summed E-state index contributed by atoms with van der Waals surface area (Å²) in [6.45, 7) is 4.05. The highest BCUT2D eigenvalue weighted by atomic mass is 16.4. The number of rotatable bonds is 4. The van der Waals surface area contributed by atoms with Crippen molar-refractivity contribution in [3.05, 3.63) is 41.1 Å². The Balaban J connectivity index is 2.43. The van der Waals surface area contributed by atoms with Gasteiger partial charge in [0.25, 0.3) is 0 Å². The summed E-state index contributed by atoms with van der Waals surface area (Å²) in [5, 5.41) is 13.2. The van der Waals surface area contributed by atoms with Crippen LogP contribution < -0.4 is 0 Å². The van der Waals surface area contributed by atoms with E-state index < -0.39 is 5.97 Å². The number of nitrogens with zero attached hydrogens (tertiary/aromatic N) is 2. The van der Waals surface area contributed by atoms with E-state index >= 15 is 0 Å². The molecule has 0 fully saturated rings. The van der Waals surface area contributed by atoms with Crippen molar-refractivity contribution in [2.75, 3.05) is 0 Å². The third kappa shape index (κ3) is 2.67. The van der Waals surface area contributed by atoms with E-state index in [0.29, 0.717) is 5.69 Å². The van der Waals surface area contributed by atoms with Crippen molar-refractivity contribution in [2.24, 2.45) is 7.05 Å². The van der Waals surface area contributed by atoms with E-state index in [1.165, 1.54) is 5.56 Å². The van der Waals surface area contributed by atoms with Crippen molar-refractivity contribution in [1.82, 2.24) is 9.78 Å². The Bertz CT molecular complexity index is 597. The number of aromatic nitrogens is 2. The normalized spacial score (nSPS) is 10.7. The molecule has 0 bridgehead atoms. The van der Waals surface area contributed by atoms with Gasteiger partial charge in [-0.15, -0.1) is 0 Å². The van der Waals surface area contributed by atoms with Gasteiger partial charge in [0.2, 0.25) is 0 Å². The van der Waals surface area contributed by atoms with E-state index in [1.807, 2.05) is 14.0 Å². The summed E-state index contributed by atoms with van der Waals surface area (Å²) in [7, 11) is 1.85. The minimum atomic E-state index is -0.853. The van der Waals surface area contributed by atoms with Gasteiger partial charge in [0.1, 0.15) is 0 Å². The minimum absolute atomic E-state index is 0.0350. The number of carboxylic acids is 1. The molecule has 100 valence electrons. The monoisotopic (exact) mass is 258 g/mol. The average molecular weight is 258 g/mol. The lowest BCUT2D eigenvalue weighted by molar-refractivity contribution is -0.136. The van der Waals surface area contributed by atoms with Gasteiger partial charge in [0.15, 0.2) is 0 Å². The summed E-state index contributed by atoms with van der Waals surface area (Å²) in [6.07, 6.45) is 0.974. The molecular weight excluding hydrogens is 240 g/mol. The standard InChI is InChI=1S/C15H18N2O2/c1-4-11-5-7-12(8-6-11)15-10(2)13(9-14(18)19)16-17(15)3/h5-8H,4,9H2,1-3H3,(H,18,19). The lowest BCUT2D eigenvalue weighted by atomic mass is 10.0. The van der Waals surface area contributed by atoms with Gasteiger partial charge in [0.05, 0.1) is 17.8 Å². The zero-order valence-corrected chi connectivity index (χ0v) is 11.5. The Morgan fingerprint density at radius 2 is 1.95 bits per heavy atom. The van der Waals surface area contributed by atoms with E-state index in [-0.39, 0.29) is 6.42 Å². The molecule has 1 aromatic heterocycles. The second-order valence-electron chi connectivity index (χ2n) is 4.66. The average Bonchev–Trinajstić information content (AvgIpc) is 2.64. The molecule has 0 unspecified atom stereocenters. The van der Waals surface area contributed by atoms with Gasteiger partial charge < -0.3 is 5.11 Å². The van der Waals surface area contributed by atoms with Crippen LogP contribution in [0.1, 0.15) is 23.7 Å². The fourth-order valence-corrected chi connectivity index (χ4v) is 2.30. The summed E-state index contributed by atoms with van der Waals surface area (Å²) >= 11 is 0. The van der Waals surface area contributed by atoms with Crippen molar-refractivity contribution in [3.8, 4) is 11.3 Å². The molecule has 0 spiro atoms. The van der Waals surface area contributed by atoms with Gasteiger partial charge in [0, 0.05) is 12.6 Å². The fraction of sp³-hybridized carbons (Fsp3) is 0.333. The maximum absolute atomic E-state index is 10.8. The maximum Gasteiger partial charge on any atom is 0.309 e. The van der Waals surface area contributed by atoms with Gasteiger partial charge in [-0.25, -0.2) is 0 Å². The predicted molar refractivity (Wildman–Crippen MR) is 74.1 cm³/mol. The maximum atomic E-state index is 10.8. The molecule has 4 heteroatoms. The SMILES string of the molecule is CCc1ccc(-c2c(C)c(CC(=O)O)nn2C)cc1. The molecule has 1 heterocycles. The number of hydrogen-bond donors (Lipinski definition) is 1. The molecule has 0 aliphatic rings. The molecule has 0 atom stereocenters. The topological polar surface area (TPSA) is 55.1 Å². The van der Waals surface area contributed by atoms with Gasteiger partial charge in [-0.05, 0) is 24.5 Å². The quantitative estimate of drug-likeness (QED) is 0.917. The number of carbonyl (C=O) groups is 1. The molecule has 0 amide bonds. The number of benzene rings is 1. The Morgan fingerprint density at radius 3 is 2.47 bits per heavy atom.